The first-order valence-corrected chi connectivity index (χ1v) is 7.98. The lowest BCUT2D eigenvalue weighted by Crippen LogP contribution is -2.36. The Morgan fingerprint density at radius 3 is 3.15 bits per heavy atom. The fourth-order valence-electron chi connectivity index (χ4n) is 2.84. The highest BCUT2D eigenvalue weighted by Crippen LogP contribution is 2.14. The Morgan fingerprint density at radius 2 is 2.45 bits per heavy atom. The van der Waals surface area contributed by atoms with Crippen LogP contribution in [0, 0.1) is 6.92 Å². The van der Waals surface area contributed by atoms with Gasteiger partial charge in [0.05, 0.1) is 5.69 Å². The van der Waals surface area contributed by atoms with Crippen LogP contribution in [0.5, 0.6) is 0 Å². The van der Waals surface area contributed by atoms with Gasteiger partial charge in [-0.05, 0) is 26.4 Å². The predicted molar refractivity (Wildman–Crippen MR) is 81.4 cm³/mol. The van der Waals surface area contributed by atoms with Gasteiger partial charge in [0, 0.05) is 36.3 Å². The van der Waals surface area contributed by atoms with E-state index in [1.807, 2.05) is 12.3 Å². The Labute approximate surface area is 122 Å². The highest BCUT2D eigenvalue weighted by Gasteiger charge is 2.21. The Kier molecular flexibility index (Phi) is 3.87. The number of hydrogen-bond donors (Lipinski definition) is 1. The summed E-state index contributed by atoms with van der Waals surface area (Å²) in [7, 11) is 0. The molecule has 2 aromatic heterocycles. The summed E-state index contributed by atoms with van der Waals surface area (Å²) in [5.41, 5.74) is 1.87. The molecule has 1 unspecified atom stereocenters. The lowest BCUT2D eigenvalue weighted by Gasteiger charge is -2.26. The molecule has 3 heterocycles. The monoisotopic (exact) mass is 292 g/mol. The smallest absolute Gasteiger partial charge is 0.259 e. The summed E-state index contributed by atoms with van der Waals surface area (Å²) in [6.07, 6.45) is 1.17. The molecule has 20 heavy (non-hydrogen) atoms. The average molecular weight is 292 g/mol. The third kappa shape index (κ3) is 2.51. The van der Waals surface area contributed by atoms with Crippen molar-refractivity contribution < 1.29 is 0 Å². The van der Waals surface area contributed by atoms with Gasteiger partial charge < -0.3 is 5.32 Å². The number of hydrogen-bond acceptors (Lipinski definition) is 5. The lowest BCUT2D eigenvalue weighted by molar-refractivity contribution is 0.208. The summed E-state index contributed by atoms with van der Waals surface area (Å²) in [5.74, 6) is 0. The van der Waals surface area contributed by atoms with Crippen LogP contribution in [0.15, 0.2) is 16.2 Å². The zero-order chi connectivity index (χ0) is 14.1. The SMILES string of the molecule is CCN(Cc1cc(=O)n2c(C)csc2n1)C1CCNC1. The van der Waals surface area contributed by atoms with E-state index >= 15 is 0 Å². The van der Waals surface area contributed by atoms with E-state index in [-0.39, 0.29) is 5.56 Å². The summed E-state index contributed by atoms with van der Waals surface area (Å²) >= 11 is 1.53. The van der Waals surface area contributed by atoms with Crippen molar-refractivity contribution in [3.63, 3.8) is 0 Å². The maximum Gasteiger partial charge on any atom is 0.259 e. The summed E-state index contributed by atoms with van der Waals surface area (Å²) in [4.78, 5) is 20.0. The van der Waals surface area contributed by atoms with Gasteiger partial charge >= 0.3 is 0 Å². The molecule has 5 nitrogen and oxygen atoms in total. The molecule has 1 N–H and O–H groups in total. The third-order valence-electron chi connectivity index (χ3n) is 3.95. The second kappa shape index (κ2) is 5.63. The van der Waals surface area contributed by atoms with Crippen molar-refractivity contribution in [1.29, 1.82) is 0 Å². The van der Waals surface area contributed by atoms with Gasteiger partial charge in [0.2, 0.25) is 0 Å². The maximum atomic E-state index is 12.2. The van der Waals surface area contributed by atoms with Gasteiger partial charge in [0.1, 0.15) is 0 Å². The molecule has 1 saturated heterocycles. The highest BCUT2D eigenvalue weighted by atomic mass is 32.1. The van der Waals surface area contributed by atoms with Gasteiger partial charge in [-0.3, -0.25) is 14.1 Å². The molecule has 2 aromatic rings. The van der Waals surface area contributed by atoms with Gasteiger partial charge in [-0.15, -0.1) is 11.3 Å². The second-order valence-electron chi connectivity index (χ2n) is 5.29. The first-order chi connectivity index (χ1) is 9.69. The molecule has 0 saturated carbocycles. The van der Waals surface area contributed by atoms with Crippen LogP contribution in [0.1, 0.15) is 24.7 Å². The lowest BCUT2D eigenvalue weighted by atomic mass is 10.2. The maximum absolute atomic E-state index is 12.2. The quantitative estimate of drug-likeness (QED) is 0.921. The minimum Gasteiger partial charge on any atom is -0.315 e. The number of thiazole rings is 1. The van der Waals surface area contributed by atoms with Crippen LogP contribution in [0.3, 0.4) is 0 Å². The molecule has 3 rings (SSSR count). The van der Waals surface area contributed by atoms with Crippen LogP contribution >= 0.6 is 11.3 Å². The predicted octanol–water partition coefficient (Wildman–Crippen LogP) is 1.25. The van der Waals surface area contributed by atoms with Crippen LogP contribution in [-0.2, 0) is 6.54 Å². The number of rotatable bonds is 4. The van der Waals surface area contributed by atoms with Crippen molar-refractivity contribution in [2.24, 2.45) is 0 Å². The van der Waals surface area contributed by atoms with Crippen LogP contribution in [0.2, 0.25) is 0 Å². The van der Waals surface area contributed by atoms with E-state index in [0.29, 0.717) is 6.04 Å². The van der Waals surface area contributed by atoms with E-state index in [9.17, 15) is 4.79 Å². The Bertz CT molecular complexity index is 657. The second-order valence-corrected chi connectivity index (χ2v) is 6.13. The van der Waals surface area contributed by atoms with Crippen LogP contribution in [0.4, 0.5) is 0 Å². The molecule has 6 heteroatoms. The third-order valence-corrected chi connectivity index (χ3v) is 4.89. The van der Waals surface area contributed by atoms with E-state index in [2.05, 4.69) is 22.1 Å². The van der Waals surface area contributed by atoms with Crippen molar-refractivity contribution >= 4 is 16.3 Å². The zero-order valence-corrected chi connectivity index (χ0v) is 12.7. The summed E-state index contributed by atoms with van der Waals surface area (Å²) < 4.78 is 1.68. The Morgan fingerprint density at radius 1 is 1.60 bits per heavy atom. The van der Waals surface area contributed by atoms with Crippen LogP contribution in [0.25, 0.3) is 4.96 Å². The van der Waals surface area contributed by atoms with E-state index in [1.165, 1.54) is 17.8 Å². The fourth-order valence-corrected chi connectivity index (χ4v) is 3.73. The van der Waals surface area contributed by atoms with Gasteiger partial charge in [0.25, 0.3) is 5.56 Å². The number of aryl methyl sites for hydroxylation is 1. The fraction of sp³-hybridized carbons (Fsp3) is 0.571. The van der Waals surface area contributed by atoms with Crippen LogP contribution in [-0.4, -0.2) is 40.0 Å². The van der Waals surface area contributed by atoms with E-state index < -0.39 is 0 Å². The molecular formula is C14H20N4OS. The number of likely N-dealkylation sites (N-methyl/N-ethyl adjacent to an activating group) is 1. The van der Waals surface area contributed by atoms with Crippen LogP contribution < -0.4 is 10.9 Å². The molecule has 0 amide bonds. The molecule has 1 aliphatic rings. The molecule has 108 valence electrons. The largest absolute Gasteiger partial charge is 0.315 e. The van der Waals surface area contributed by atoms with Crippen molar-refractivity contribution in [3.05, 3.63) is 33.2 Å². The van der Waals surface area contributed by atoms with E-state index in [0.717, 1.165) is 42.5 Å². The Balaban J connectivity index is 1.88. The average Bonchev–Trinajstić information content (AvgIpc) is 3.06. The molecule has 0 spiro atoms. The van der Waals surface area contributed by atoms with Gasteiger partial charge in [-0.25, -0.2) is 4.98 Å². The standard InChI is InChI=1S/C14H20N4OS/c1-3-17(12-4-5-15-7-12)8-11-6-13(19)18-10(2)9-20-14(18)16-11/h6,9,12,15H,3-5,7-8H2,1-2H3. The molecule has 0 aliphatic carbocycles. The highest BCUT2D eigenvalue weighted by molar-refractivity contribution is 7.15. The molecule has 1 aliphatic heterocycles. The first-order valence-electron chi connectivity index (χ1n) is 7.10. The topological polar surface area (TPSA) is 49.6 Å². The minimum absolute atomic E-state index is 0.0318. The molecule has 1 fully saturated rings. The van der Waals surface area contributed by atoms with Crippen molar-refractivity contribution in [3.8, 4) is 0 Å². The Hall–Kier alpha value is -1.24. The number of aromatic nitrogens is 2. The molecule has 0 radical (unpaired) electrons. The van der Waals surface area contributed by atoms with E-state index in [4.69, 9.17) is 0 Å². The van der Waals surface area contributed by atoms with E-state index in [1.54, 1.807) is 10.5 Å². The normalized spacial score (nSPS) is 19.2. The number of nitrogens with one attached hydrogen (secondary N) is 1. The molecule has 1 atom stereocenters. The summed E-state index contributed by atoms with van der Waals surface area (Å²) in [5, 5.41) is 5.37. The summed E-state index contributed by atoms with van der Waals surface area (Å²) in [6, 6.07) is 2.24. The molecule has 0 aromatic carbocycles. The van der Waals surface area contributed by atoms with Gasteiger partial charge in [0.15, 0.2) is 4.96 Å². The minimum atomic E-state index is 0.0318. The number of nitrogens with zero attached hydrogens (tertiary/aromatic N) is 3. The van der Waals surface area contributed by atoms with Gasteiger partial charge in [-0.2, -0.15) is 0 Å². The van der Waals surface area contributed by atoms with Gasteiger partial charge in [-0.1, -0.05) is 6.92 Å². The summed E-state index contributed by atoms with van der Waals surface area (Å²) in [6.45, 7) is 7.96. The number of fused-ring (bicyclic) bond motifs is 1. The van der Waals surface area contributed by atoms with Crippen molar-refractivity contribution in [1.82, 2.24) is 19.6 Å². The molecule has 0 bridgehead atoms. The van der Waals surface area contributed by atoms with Crippen molar-refractivity contribution in [2.75, 3.05) is 19.6 Å². The molecular weight excluding hydrogens is 272 g/mol. The first kappa shape index (κ1) is 13.7. The zero-order valence-electron chi connectivity index (χ0n) is 11.9. The van der Waals surface area contributed by atoms with Crippen molar-refractivity contribution in [2.45, 2.75) is 32.9 Å².